The van der Waals surface area contributed by atoms with Crippen LogP contribution in [0.3, 0.4) is 0 Å². The van der Waals surface area contributed by atoms with Crippen molar-refractivity contribution >= 4 is 67.7 Å². The van der Waals surface area contributed by atoms with Crippen LogP contribution in [0.1, 0.15) is 40.3 Å². The van der Waals surface area contributed by atoms with E-state index >= 15 is 0 Å². The Morgan fingerprint density at radius 1 is 1.12 bits per heavy atom. The van der Waals surface area contributed by atoms with Crippen LogP contribution in [0.4, 0.5) is 5.13 Å². The summed E-state index contributed by atoms with van der Waals surface area (Å²) in [6.07, 6.45) is 0. The summed E-state index contributed by atoms with van der Waals surface area (Å²) in [6.45, 7) is 8.19. The van der Waals surface area contributed by atoms with E-state index in [1.165, 1.54) is 25.2 Å². The largest absolute Gasteiger partial charge is 0.457 e. The maximum Gasteiger partial charge on any atom is 0.375 e. The SMILES string of the molecule is CC(C)(C)OC(=O)C(C)(C)O/N=C(/C(=O)OSc1nc2ccccc2s1)c1csc(N)n1. The average molecular weight is 495 g/mol. The molecule has 3 rings (SSSR count). The van der Waals surface area contributed by atoms with Crippen molar-refractivity contribution in [2.45, 2.75) is 50.2 Å². The highest BCUT2D eigenvalue weighted by molar-refractivity contribution is 7.97. The quantitative estimate of drug-likeness (QED) is 0.220. The van der Waals surface area contributed by atoms with E-state index in [1.54, 1.807) is 26.2 Å². The third kappa shape index (κ3) is 6.17. The predicted octanol–water partition coefficient (Wildman–Crippen LogP) is 4.43. The lowest BCUT2D eigenvalue weighted by molar-refractivity contribution is -0.179. The Labute approximate surface area is 197 Å². The van der Waals surface area contributed by atoms with Crippen LogP contribution in [0.15, 0.2) is 39.1 Å². The molecule has 0 amide bonds. The highest BCUT2D eigenvalue weighted by Gasteiger charge is 2.36. The molecule has 2 aromatic heterocycles. The van der Waals surface area contributed by atoms with E-state index in [0.717, 1.165) is 33.6 Å². The van der Waals surface area contributed by atoms with E-state index < -0.39 is 23.1 Å². The fourth-order valence-corrected chi connectivity index (χ4v) is 4.30. The van der Waals surface area contributed by atoms with E-state index in [-0.39, 0.29) is 16.5 Å². The van der Waals surface area contributed by atoms with Crippen molar-refractivity contribution in [2.24, 2.45) is 5.16 Å². The van der Waals surface area contributed by atoms with Gasteiger partial charge in [-0.15, -0.1) is 22.7 Å². The topological polar surface area (TPSA) is 126 Å². The summed E-state index contributed by atoms with van der Waals surface area (Å²) in [6, 6.07) is 7.58. The van der Waals surface area contributed by atoms with Gasteiger partial charge in [0.1, 0.15) is 23.3 Å². The van der Waals surface area contributed by atoms with Gasteiger partial charge in [0.15, 0.2) is 9.47 Å². The van der Waals surface area contributed by atoms with Gasteiger partial charge in [-0.2, -0.15) is 0 Å². The number of oxime groups is 1. The molecule has 0 aliphatic heterocycles. The van der Waals surface area contributed by atoms with Crippen molar-refractivity contribution in [1.29, 1.82) is 0 Å². The van der Waals surface area contributed by atoms with Gasteiger partial charge in [0.05, 0.1) is 10.2 Å². The second-order valence-corrected chi connectivity index (χ2v) is 10.9. The zero-order chi connectivity index (χ0) is 23.5. The van der Waals surface area contributed by atoms with Gasteiger partial charge in [0.25, 0.3) is 0 Å². The predicted molar refractivity (Wildman–Crippen MR) is 126 cm³/mol. The summed E-state index contributed by atoms with van der Waals surface area (Å²) < 4.78 is 12.2. The van der Waals surface area contributed by atoms with Crippen molar-refractivity contribution in [3.8, 4) is 0 Å². The first-order chi connectivity index (χ1) is 14.9. The molecule has 12 heteroatoms. The summed E-state index contributed by atoms with van der Waals surface area (Å²) in [5.41, 5.74) is 4.27. The van der Waals surface area contributed by atoms with Gasteiger partial charge in [-0.05, 0) is 46.8 Å². The fraction of sp³-hybridized carbons (Fsp3) is 0.350. The third-order valence-corrected chi connectivity index (χ3v) is 6.10. The number of hydrogen-bond donors (Lipinski definition) is 1. The number of carbonyl (C=O) groups excluding carboxylic acids is 2. The maximum atomic E-state index is 12.8. The normalized spacial score (nSPS) is 12.6. The number of nitrogens with two attached hydrogens (primary N) is 1. The van der Waals surface area contributed by atoms with E-state index in [4.69, 9.17) is 19.5 Å². The van der Waals surface area contributed by atoms with Crippen LogP contribution in [-0.2, 0) is 23.3 Å². The number of para-hydroxylation sites is 1. The van der Waals surface area contributed by atoms with Gasteiger partial charge >= 0.3 is 11.9 Å². The number of ether oxygens (including phenoxy) is 1. The number of esters is 1. The molecule has 0 radical (unpaired) electrons. The minimum absolute atomic E-state index is 0.169. The molecule has 0 aliphatic rings. The number of rotatable bonds is 7. The Hall–Kier alpha value is -2.70. The first-order valence-electron chi connectivity index (χ1n) is 9.40. The smallest absolute Gasteiger partial charge is 0.375 e. The number of carbonyl (C=O) groups is 2. The van der Waals surface area contributed by atoms with Crippen molar-refractivity contribution in [2.75, 3.05) is 5.73 Å². The van der Waals surface area contributed by atoms with Gasteiger partial charge in [-0.1, -0.05) is 17.3 Å². The van der Waals surface area contributed by atoms with Crippen LogP contribution in [0.2, 0.25) is 0 Å². The molecule has 2 heterocycles. The van der Waals surface area contributed by atoms with Crippen LogP contribution >= 0.6 is 34.7 Å². The molecule has 0 aliphatic carbocycles. The first kappa shape index (κ1) is 24.0. The van der Waals surface area contributed by atoms with Gasteiger partial charge in [0.2, 0.25) is 11.3 Å². The lowest BCUT2D eigenvalue weighted by Crippen LogP contribution is -2.40. The number of thiazole rings is 2. The minimum atomic E-state index is -1.46. The highest BCUT2D eigenvalue weighted by Crippen LogP contribution is 2.30. The second kappa shape index (κ2) is 9.43. The standard InChI is InChI=1S/C20H22N4O5S3/c1-19(2,3)27-16(26)20(4,5)29-24-14(12-10-30-17(21)22-12)15(25)28-32-18-23-11-8-6-7-9-13(11)31-18/h6-10H,1-5H3,(H2,21,22)/b24-14+. The number of fused-ring (bicyclic) bond motifs is 1. The average Bonchev–Trinajstić information content (AvgIpc) is 3.31. The molecule has 0 fully saturated rings. The molecule has 0 spiro atoms. The Bertz CT molecular complexity index is 1130. The monoisotopic (exact) mass is 494 g/mol. The number of hydrogen-bond acceptors (Lipinski definition) is 12. The van der Waals surface area contributed by atoms with Crippen LogP contribution in [-0.4, -0.2) is 38.8 Å². The number of anilines is 1. The van der Waals surface area contributed by atoms with Crippen LogP contribution < -0.4 is 5.73 Å². The van der Waals surface area contributed by atoms with Crippen LogP contribution in [0.25, 0.3) is 10.2 Å². The minimum Gasteiger partial charge on any atom is -0.457 e. The fourth-order valence-electron chi connectivity index (χ4n) is 2.18. The Balaban J connectivity index is 1.77. The number of nitrogens with zero attached hydrogens (tertiary/aromatic N) is 3. The molecule has 0 saturated heterocycles. The molecule has 32 heavy (non-hydrogen) atoms. The van der Waals surface area contributed by atoms with E-state index in [0.29, 0.717) is 4.34 Å². The molecule has 3 aromatic rings. The summed E-state index contributed by atoms with van der Waals surface area (Å²) >= 11 is 3.32. The molecule has 2 N–H and O–H groups in total. The summed E-state index contributed by atoms with van der Waals surface area (Å²) in [7, 11) is 0. The molecular weight excluding hydrogens is 472 g/mol. The van der Waals surface area contributed by atoms with Crippen molar-refractivity contribution in [3.63, 3.8) is 0 Å². The summed E-state index contributed by atoms with van der Waals surface area (Å²) in [4.78, 5) is 39.1. The molecule has 0 saturated carbocycles. The Morgan fingerprint density at radius 3 is 2.47 bits per heavy atom. The highest BCUT2D eigenvalue weighted by atomic mass is 32.2. The van der Waals surface area contributed by atoms with E-state index in [9.17, 15) is 9.59 Å². The lowest BCUT2D eigenvalue weighted by atomic mass is 10.1. The molecule has 0 bridgehead atoms. The number of aromatic nitrogens is 2. The molecule has 0 unspecified atom stereocenters. The van der Waals surface area contributed by atoms with Gasteiger partial charge < -0.3 is 19.5 Å². The number of nitrogen functional groups attached to an aromatic ring is 1. The van der Waals surface area contributed by atoms with Crippen LogP contribution in [0, 0.1) is 0 Å². The molecular formula is C20H22N4O5S3. The van der Waals surface area contributed by atoms with Gasteiger partial charge in [-0.3, -0.25) is 0 Å². The zero-order valence-electron chi connectivity index (χ0n) is 18.1. The lowest BCUT2D eigenvalue weighted by Gasteiger charge is -2.26. The molecule has 1 aromatic carbocycles. The first-order valence-corrected chi connectivity index (χ1v) is 11.8. The van der Waals surface area contributed by atoms with Crippen LogP contribution in [0.5, 0.6) is 0 Å². The van der Waals surface area contributed by atoms with E-state index in [2.05, 4.69) is 15.1 Å². The maximum absolute atomic E-state index is 12.8. The van der Waals surface area contributed by atoms with E-state index in [1.807, 2.05) is 24.3 Å². The van der Waals surface area contributed by atoms with Crippen molar-refractivity contribution < 1.29 is 23.3 Å². The second-order valence-electron chi connectivity index (χ2n) is 8.02. The Kier molecular flexibility index (Phi) is 7.06. The summed E-state index contributed by atoms with van der Waals surface area (Å²) in [5, 5.41) is 5.67. The zero-order valence-corrected chi connectivity index (χ0v) is 20.5. The molecule has 170 valence electrons. The molecule has 9 nitrogen and oxygen atoms in total. The van der Waals surface area contributed by atoms with Gasteiger partial charge in [0, 0.05) is 5.38 Å². The summed E-state index contributed by atoms with van der Waals surface area (Å²) in [5.74, 6) is -1.46. The Morgan fingerprint density at radius 2 is 1.84 bits per heavy atom. The number of benzene rings is 1. The van der Waals surface area contributed by atoms with Gasteiger partial charge in [-0.25, -0.2) is 19.6 Å². The van der Waals surface area contributed by atoms with Crippen molar-refractivity contribution in [3.05, 3.63) is 35.3 Å². The molecule has 0 atom stereocenters. The third-order valence-electron chi connectivity index (χ3n) is 3.68. The van der Waals surface area contributed by atoms with Crippen molar-refractivity contribution in [1.82, 2.24) is 9.97 Å².